The second kappa shape index (κ2) is 6.98. The average Bonchev–Trinajstić information content (AvgIpc) is 2.57. The van der Waals surface area contributed by atoms with Crippen LogP contribution in [-0.4, -0.2) is 21.0 Å². The fraction of sp³-hybridized carbons (Fsp3) is 0.167. The highest BCUT2D eigenvalue weighted by molar-refractivity contribution is 9.10. The van der Waals surface area contributed by atoms with Gasteiger partial charge < -0.3 is 5.11 Å². The van der Waals surface area contributed by atoms with Crippen molar-refractivity contribution in [3.63, 3.8) is 0 Å². The van der Waals surface area contributed by atoms with Gasteiger partial charge in [-0.3, -0.25) is 4.79 Å². The van der Waals surface area contributed by atoms with E-state index in [4.69, 9.17) is 11.6 Å². The zero-order chi connectivity index (χ0) is 18.1. The van der Waals surface area contributed by atoms with Gasteiger partial charge in [-0.1, -0.05) is 41.4 Å². The number of benzene rings is 2. The van der Waals surface area contributed by atoms with Crippen molar-refractivity contribution < 1.29 is 5.11 Å². The van der Waals surface area contributed by atoms with Gasteiger partial charge in [-0.15, -0.1) is 0 Å². The molecule has 0 spiro atoms. The van der Waals surface area contributed by atoms with Gasteiger partial charge in [0, 0.05) is 10.4 Å². The molecule has 0 amide bonds. The maximum Gasteiger partial charge on any atom is 0.282 e. The van der Waals surface area contributed by atoms with Gasteiger partial charge in [0.25, 0.3) is 5.56 Å². The van der Waals surface area contributed by atoms with E-state index in [1.165, 1.54) is 17.0 Å². The van der Waals surface area contributed by atoms with Crippen molar-refractivity contribution in [2.75, 3.05) is 0 Å². The van der Waals surface area contributed by atoms with Crippen LogP contribution < -0.4 is 5.56 Å². The molecule has 0 aliphatic rings. The minimum atomic E-state index is -0.240. The van der Waals surface area contributed by atoms with Gasteiger partial charge in [0.1, 0.15) is 11.6 Å². The molecule has 0 unspecified atom stereocenters. The summed E-state index contributed by atoms with van der Waals surface area (Å²) in [7, 11) is 0. The summed E-state index contributed by atoms with van der Waals surface area (Å²) < 4.78 is 2.11. The number of fused-ring (bicyclic) bond motifs is 1. The van der Waals surface area contributed by atoms with Gasteiger partial charge in [-0.2, -0.15) is 9.78 Å². The first-order valence-corrected chi connectivity index (χ1v) is 8.79. The topological polar surface area (TPSA) is 67.5 Å². The van der Waals surface area contributed by atoms with Gasteiger partial charge in [0.2, 0.25) is 0 Å². The maximum absolute atomic E-state index is 12.9. The summed E-state index contributed by atoms with van der Waals surface area (Å²) >= 11 is 9.28. The van der Waals surface area contributed by atoms with E-state index < -0.39 is 0 Å². The second-order valence-electron chi connectivity index (χ2n) is 5.86. The maximum atomic E-state index is 12.9. The predicted octanol–water partition coefficient (Wildman–Crippen LogP) is 4.52. The van der Waals surface area contributed by atoms with Crippen molar-refractivity contribution in [2.45, 2.75) is 19.8 Å². The first-order valence-electron chi connectivity index (χ1n) is 7.62. The van der Waals surface area contributed by atoms with E-state index in [2.05, 4.69) is 26.0 Å². The minimum absolute atomic E-state index is 0.00363. The summed E-state index contributed by atoms with van der Waals surface area (Å²) in [6, 6.07) is 10.1. The molecule has 0 fully saturated rings. The zero-order valence-electron chi connectivity index (χ0n) is 13.6. The summed E-state index contributed by atoms with van der Waals surface area (Å²) in [5.41, 5.74) is 1.06. The highest BCUT2D eigenvalue weighted by Gasteiger charge is 2.13. The van der Waals surface area contributed by atoms with Crippen molar-refractivity contribution in [2.24, 2.45) is 5.10 Å². The molecule has 0 saturated carbocycles. The number of aromatic hydroxyl groups is 1. The Labute approximate surface area is 157 Å². The van der Waals surface area contributed by atoms with E-state index in [0.29, 0.717) is 22.3 Å². The van der Waals surface area contributed by atoms with Crippen LogP contribution in [0.4, 0.5) is 0 Å². The Bertz CT molecular complexity index is 1040. The summed E-state index contributed by atoms with van der Waals surface area (Å²) in [5.74, 6) is 0.582. The predicted molar refractivity (Wildman–Crippen MR) is 104 cm³/mol. The first-order chi connectivity index (χ1) is 11.9. The molecule has 0 saturated heterocycles. The van der Waals surface area contributed by atoms with Crippen LogP contribution in [0.25, 0.3) is 10.9 Å². The SMILES string of the molecule is CC(C)c1nc2ccc(Br)cc2c(=O)n1N=Cc1ccc(O)c(Cl)c1. The van der Waals surface area contributed by atoms with E-state index in [9.17, 15) is 9.90 Å². The summed E-state index contributed by atoms with van der Waals surface area (Å²) in [6.45, 7) is 3.91. The number of phenolic OH excluding ortho intramolecular Hbond substituents is 1. The number of halogens is 2. The molecule has 1 heterocycles. The Kier molecular flexibility index (Phi) is 4.92. The minimum Gasteiger partial charge on any atom is -0.506 e. The van der Waals surface area contributed by atoms with Crippen molar-refractivity contribution in [1.82, 2.24) is 9.66 Å². The molecule has 1 N–H and O–H groups in total. The summed E-state index contributed by atoms with van der Waals surface area (Å²) in [5, 5.41) is 14.5. The lowest BCUT2D eigenvalue weighted by atomic mass is 10.2. The number of phenols is 1. The normalized spacial score (nSPS) is 11.7. The summed E-state index contributed by atoms with van der Waals surface area (Å²) in [6.07, 6.45) is 1.52. The molecule has 0 aliphatic heterocycles. The third kappa shape index (κ3) is 3.60. The van der Waals surface area contributed by atoms with Crippen LogP contribution >= 0.6 is 27.5 Å². The average molecular weight is 421 g/mol. The molecule has 0 aliphatic carbocycles. The lowest BCUT2D eigenvalue weighted by Crippen LogP contribution is -2.23. The highest BCUT2D eigenvalue weighted by atomic mass is 79.9. The van der Waals surface area contributed by atoms with E-state index in [1.54, 1.807) is 24.3 Å². The molecule has 7 heteroatoms. The standard InChI is InChI=1S/C18H15BrClN3O2/c1-10(2)17-22-15-5-4-12(19)8-13(15)18(25)23(17)21-9-11-3-6-16(24)14(20)7-11/h3-10,24H,1-2H3. The van der Waals surface area contributed by atoms with Crippen LogP contribution in [0.1, 0.15) is 31.2 Å². The monoisotopic (exact) mass is 419 g/mol. The molecule has 2 aromatic carbocycles. The number of aromatic nitrogens is 2. The lowest BCUT2D eigenvalue weighted by Gasteiger charge is -2.11. The molecule has 3 rings (SSSR count). The Morgan fingerprint density at radius 1 is 1.28 bits per heavy atom. The Hall–Kier alpha value is -2.18. The fourth-order valence-corrected chi connectivity index (χ4v) is 2.93. The van der Waals surface area contributed by atoms with Gasteiger partial charge in [0.15, 0.2) is 0 Å². The van der Waals surface area contributed by atoms with Gasteiger partial charge >= 0.3 is 0 Å². The van der Waals surface area contributed by atoms with Crippen molar-refractivity contribution >= 4 is 44.6 Å². The van der Waals surface area contributed by atoms with E-state index in [1.807, 2.05) is 19.9 Å². The first kappa shape index (κ1) is 17.6. The molecule has 128 valence electrons. The van der Waals surface area contributed by atoms with Crippen LogP contribution in [0, 0.1) is 0 Å². The molecule has 25 heavy (non-hydrogen) atoms. The molecular weight excluding hydrogens is 406 g/mol. The van der Waals surface area contributed by atoms with Crippen LogP contribution in [-0.2, 0) is 0 Å². The Morgan fingerprint density at radius 2 is 2.04 bits per heavy atom. The van der Waals surface area contributed by atoms with Crippen LogP contribution in [0.15, 0.2) is 50.8 Å². The molecule has 0 atom stereocenters. The highest BCUT2D eigenvalue weighted by Crippen LogP contribution is 2.23. The molecular formula is C18H15BrClN3O2. The Balaban J connectivity index is 2.17. The largest absolute Gasteiger partial charge is 0.506 e. The van der Waals surface area contributed by atoms with Crippen LogP contribution in [0.3, 0.4) is 0 Å². The number of rotatable bonds is 3. The lowest BCUT2D eigenvalue weighted by molar-refractivity contribution is 0.475. The number of nitrogens with zero attached hydrogens (tertiary/aromatic N) is 3. The van der Waals surface area contributed by atoms with Crippen LogP contribution in [0.2, 0.25) is 5.02 Å². The molecule has 1 aromatic heterocycles. The second-order valence-corrected chi connectivity index (χ2v) is 7.18. The third-order valence-electron chi connectivity index (χ3n) is 3.64. The molecule has 5 nitrogen and oxygen atoms in total. The smallest absolute Gasteiger partial charge is 0.282 e. The van der Waals surface area contributed by atoms with Crippen LogP contribution in [0.5, 0.6) is 5.75 Å². The van der Waals surface area contributed by atoms with Crippen molar-refractivity contribution in [3.05, 3.63) is 67.6 Å². The molecule has 3 aromatic rings. The van der Waals surface area contributed by atoms with Gasteiger partial charge in [0.05, 0.1) is 22.1 Å². The van der Waals surface area contributed by atoms with Gasteiger partial charge in [-0.25, -0.2) is 4.98 Å². The van der Waals surface area contributed by atoms with E-state index in [-0.39, 0.29) is 22.2 Å². The third-order valence-corrected chi connectivity index (χ3v) is 4.44. The molecule has 0 bridgehead atoms. The quantitative estimate of drug-likeness (QED) is 0.633. The van der Waals surface area contributed by atoms with Gasteiger partial charge in [-0.05, 0) is 42.0 Å². The van der Waals surface area contributed by atoms with Crippen molar-refractivity contribution in [1.29, 1.82) is 0 Å². The fourth-order valence-electron chi connectivity index (χ4n) is 2.38. The van der Waals surface area contributed by atoms with E-state index >= 15 is 0 Å². The summed E-state index contributed by atoms with van der Waals surface area (Å²) in [4.78, 5) is 17.5. The molecule has 0 radical (unpaired) electrons. The zero-order valence-corrected chi connectivity index (χ0v) is 15.9. The van der Waals surface area contributed by atoms with Crippen molar-refractivity contribution in [3.8, 4) is 5.75 Å². The Morgan fingerprint density at radius 3 is 2.72 bits per heavy atom. The number of hydrogen-bond acceptors (Lipinski definition) is 4. The van der Waals surface area contributed by atoms with E-state index in [0.717, 1.165) is 4.47 Å². The number of hydrogen-bond donors (Lipinski definition) is 1.